The molecule has 1 N–H and O–H groups in total. The van der Waals surface area contributed by atoms with Gasteiger partial charge in [0.15, 0.2) is 0 Å². The van der Waals surface area contributed by atoms with E-state index < -0.39 is 12.7 Å². The van der Waals surface area contributed by atoms with Crippen LogP contribution in [-0.4, -0.2) is 32.4 Å². The fourth-order valence-electron chi connectivity index (χ4n) is 2.30. The molecule has 2 nitrogen and oxygen atoms in total. The molecule has 1 unspecified atom stereocenters. The molecule has 0 aliphatic carbocycles. The summed E-state index contributed by atoms with van der Waals surface area (Å²) in [6, 6.07) is 6.18. The summed E-state index contributed by atoms with van der Waals surface area (Å²) in [6.07, 6.45) is -3.31. The second-order valence-corrected chi connectivity index (χ2v) is 4.82. The number of nitrogens with one attached hydrogen (secondary N) is 1. The van der Waals surface area contributed by atoms with Crippen LogP contribution in [0.4, 0.5) is 23.2 Å². The van der Waals surface area contributed by atoms with Crippen molar-refractivity contribution in [1.29, 1.82) is 0 Å². The molecule has 1 heterocycles. The van der Waals surface area contributed by atoms with Crippen molar-refractivity contribution in [2.75, 3.05) is 31.1 Å². The van der Waals surface area contributed by atoms with E-state index in [-0.39, 0.29) is 11.7 Å². The van der Waals surface area contributed by atoms with Crippen LogP contribution >= 0.6 is 0 Å². The number of alkyl halides is 3. The molecule has 0 radical (unpaired) electrons. The van der Waals surface area contributed by atoms with E-state index in [0.717, 1.165) is 18.7 Å². The lowest BCUT2D eigenvalue weighted by Crippen LogP contribution is -2.33. The Balaban J connectivity index is 1.78. The summed E-state index contributed by atoms with van der Waals surface area (Å²) in [7, 11) is 0. The van der Waals surface area contributed by atoms with Gasteiger partial charge in [-0.3, -0.25) is 0 Å². The molecule has 0 bridgehead atoms. The SMILES string of the molecule is Fc1ccc(N2CCC(CNCC(F)(F)F)C2)cc1. The zero-order chi connectivity index (χ0) is 13.9. The van der Waals surface area contributed by atoms with E-state index >= 15 is 0 Å². The second-order valence-electron chi connectivity index (χ2n) is 4.82. The van der Waals surface area contributed by atoms with Crippen LogP contribution in [0.3, 0.4) is 0 Å². The number of anilines is 1. The first-order valence-electron chi connectivity index (χ1n) is 6.22. The molecule has 0 aromatic heterocycles. The molecule has 0 amide bonds. The number of nitrogens with zero attached hydrogens (tertiary/aromatic N) is 1. The van der Waals surface area contributed by atoms with Gasteiger partial charge in [0.1, 0.15) is 5.82 Å². The summed E-state index contributed by atoms with van der Waals surface area (Å²) >= 11 is 0. The van der Waals surface area contributed by atoms with Crippen LogP contribution in [0.2, 0.25) is 0 Å². The standard InChI is InChI=1S/C13H16F4N2/c14-11-1-3-12(4-2-11)19-6-5-10(8-19)7-18-9-13(15,16)17/h1-4,10,18H,5-9H2. The van der Waals surface area contributed by atoms with E-state index in [4.69, 9.17) is 0 Å². The monoisotopic (exact) mass is 276 g/mol. The predicted molar refractivity (Wildman–Crippen MR) is 65.6 cm³/mol. The largest absolute Gasteiger partial charge is 0.401 e. The summed E-state index contributed by atoms with van der Waals surface area (Å²) < 4.78 is 48.8. The molecule has 1 aromatic rings. The molecule has 19 heavy (non-hydrogen) atoms. The van der Waals surface area contributed by atoms with Crippen molar-refractivity contribution in [1.82, 2.24) is 5.32 Å². The first kappa shape index (κ1) is 14.1. The third kappa shape index (κ3) is 4.38. The van der Waals surface area contributed by atoms with E-state index in [0.29, 0.717) is 13.1 Å². The average molecular weight is 276 g/mol. The van der Waals surface area contributed by atoms with Gasteiger partial charge in [-0.1, -0.05) is 0 Å². The number of hydrogen-bond acceptors (Lipinski definition) is 2. The Morgan fingerprint density at radius 3 is 2.53 bits per heavy atom. The minimum atomic E-state index is -4.16. The number of hydrogen-bond donors (Lipinski definition) is 1. The van der Waals surface area contributed by atoms with Crippen molar-refractivity contribution in [2.45, 2.75) is 12.6 Å². The molecule has 1 saturated heterocycles. The Morgan fingerprint density at radius 1 is 1.21 bits per heavy atom. The Morgan fingerprint density at radius 2 is 1.89 bits per heavy atom. The average Bonchev–Trinajstić information content (AvgIpc) is 2.77. The fraction of sp³-hybridized carbons (Fsp3) is 0.538. The van der Waals surface area contributed by atoms with E-state index in [1.165, 1.54) is 12.1 Å². The normalized spacial score (nSPS) is 20.0. The molecule has 0 spiro atoms. The van der Waals surface area contributed by atoms with E-state index in [1.807, 2.05) is 0 Å². The predicted octanol–water partition coefficient (Wildman–Crippen LogP) is 2.80. The van der Waals surface area contributed by atoms with Crippen molar-refractivity contribution in [3.05, 3.63) is 30.1 Å². The van der Waals surface area contributed by atoms with Gasteiger partial charge in [-0.2, -0.15) is 13.2 Å². The van der Waals surface area contributed by atoms with E-state index in [1.54, 1.807) is 12.1 Å². The molecule has 1 aromatic carbocycles. The van der Waals surface area contributed by atoms with Crippen molar-refractivity contribution in [3.8, 4) is 0 Å². The summed E-state index contributed by atoms with van der Waals surface area (Å²) in [4.78, 5) is 2.07. The van der Waals surface area contributed by atoms with E-state index in [2.05, 4.69) is 10.2 Å². The van der Waals surface area contributed by atoms with Gasteiger partial charge in [0.2, 0.25) is 0 Å². The molecule has 1 aliphatic heterocycles. The first-order chi connectivity index (χ1) is 8.94. The summed E-state index contributed by atoms with van der Waals surface area (Å²) in [6.45, 7) is 0.914. The van der Waals surface area contributed by atoms with Gasteiger partial charge in [0.25, 0.3) is 0 Å². The van der Waals surface area contributed by atoms with E-state index in [9.17, 15) is 17.6 Å². The molecule has 1 aliphatic rings. The number of rotatable bonds is 4. The van der Waals surface area contributed by atoms with Crippen LogP contribution in [0.25, 0.3) is 0 Å². The first-order valence-corrected chi connectivity index (χ1v) is 6.22. The zero-order valence-corrected chi connectivity index (χ0v) is 10.4. The summed E-state index contributed by atoms with van der Waals surface area (Å²) in [5, 5.41) is 2.44. The molecular weight excluding hydrogens is 260 g/mol. The lowest BCUT2D eigenvalue weighted by Gasteiger charge is -2.19. The Labute approximate surface area is 109 Å². The Hall–Kier alpha value is -1.30. The molecule has 106 valence electrons. The third-order valence-corrected chi connectivity index (χ3v) is 3.24. The molecule has 1 fully saturated rings. The highest BCUT2D eigenvalue weighted by atomic mass is 19.4. The van der Waals surface area contributed by atoms with Crippen LogP contribution in [0.5, 0.6) is 0 Å². The van der Waals surface area contributed by atoms with Gasteiger partial charge >= 0.3 is 6.18 Å². The quantitative estimate of drug-likeness (QED) is 0.851. The fourth-order valence-corrected chi connectivity index (χ4v) is 2.30. The highest BCUT2D eigenvalue weighted by Crippen LogP contribution is 2.23. The van der Waals surface area contributed by atoms with Crippen LogP contribution in [-0.2, 0) is 0 Å². The highest BCUT2D eigenvalue weighted by Gasteiger charge is 2.28. The van der Waals surface area contributed by atoms with Crippen molar-refractivity contribution in [2.24, 2.45) is 5.92 Å². The van der Waals surface area contributed by atoms with Gasteiger partial charge in [-0.25, -0.2) is 4.39 Å². The molecule has 0 saturated carbocycles. The highest BCUT2D eigenvalue weighted by molar-refractivity contribution is 5.47. The molecule has 6 heteroatoms. The van der Waals surface area contributed by atoms with Crippen LogP contribution in [0.1, 0.15) is 6.42 Å². The van der Waals surface area contributed by atoms with Gasteiger partial charge in [0, 0.05) is 25.3 Å². The number of halogens is 4. The minimum Gasteiger partial charge on any atom is -0.371 e. The minimum absolute atomic E-state index is 0.201. The van der Waals surface area contributed by atoms with Gasteiger partial charge in [0.05, 0.1) is 6.54 Å². The molecule has 2 rings (SSSR count). The number of benzene rings is 1. The molecule has 1 atom stereocenters. The van der Waals surface area contributed by atoms with Gasteiger partial charge in [-0.05, 0) is 36.6 Å². The van der Waals surface area contributed by atoms with Crippen LogP contribution in [0.15, 0.2) is 24.3 Å². The summed E-state index contributed by atoms with van der Waals surface area (Å²) in [5.74, 6) is -0.0845. The maximum atomic E-state index is 12.8. The van der Waals surface area contributed by atoms with Crippen molar-refractivity contribution >= 4 is 5.69 Å². The Kier molecular flexibility index (Phi) is 4.29. The Bertz CT molecular complexity index is 402. The maximum Gasteiger partial charge on any atom is 0.401 e. The van der Waals surface area contributed by atoms with Crippen molar-refractivity contribution < 1.29 is 17.6 Å². The van der Waals surface area contributed by atoms with Gasteiger partial charge < -0.3 is 10.2 Å². The zero-order valence-electron chi connectivity index (χ0n) is 10.4. The lowest BCUT2D eigenvalue weighted by molar-refractivity contribution is -0.125. The second kappa shape index (κ2) is 5.77. The smallest absolute Gasteiger partial charge is 0.371 e. The topological polar surface area (TPSA) is 15.3 Å². The van der Waals surface area contributed by atoms with Gasteiger partial charge in [-0.15, -0.1) is 0 Å². The third-order valence-electron chi connectivity index (χ3n) is 3.24. The molecular formula is C13H16F4N2. The summed E-state index contributed by atoms with van der Waals surface area (Å²) in [5.41, 5.74) is 0.916. The van der Waals surface area contributed by atoms with Crippen LogP contribution < -0.4 is 10.2 Å². The van der Waals surface area contributed by atoms with Crippen molar-refractivity contribution in [3.63, 3.8) is 0 Å². The maximum absolute atomic E-state index is 12.8. The van der Waals surface area contributed by atoms with Crippen LogP contribution in [0, 0.1) is 11.7 Å². The lowest BCUT2D eigenvalue weighted by atomic mass is 10.1.